The van der Waals surface area contributed by atoms with Crippen LogP contribution >= 0.6 is 0 Å². The number of pyridine rings is 1. The molecule has 11 heteroatoms. The molecule has 2 aromatic carbocycles. The van der Waals surface area contributed by atoms with E-state index in [1.807, 2.05) is 10.6 Å². The van der Waals surface area contributed by atoms with Crippen LogP contribution in [0.2, 0.25) is 0 Å². The van der Waals surface area contributed by atoms with Gasteiger partial charge in [-0.2, -0.15) is 5.10 Å². The summed E-state index contributed by atoms with van der Waals surface area (Å²) in [6.45, 7) is 8.59. The minimum Gasteiger partial charge on any atom is -0.455 e. The van der Waals surface area contributed by atoms with Crippen molar-refractivity contribution in [3.05, 3.63) is 92.2 Å². The summed E-state index contributed by atoms with van der Waals surface area (Å²) in [7, 11) is -3.55. The molecule has 0 amide bonds. The number of nitrogens with one attached hydrogen (secondary N) is 2. The number of H-pyrrole nitrogens is 1. The predicted octanol–water partition coefficient (Wildman–Crippen LogP) is 4.98. The Hall–Kier alpha value is -4.25. The minimum absolute atomic E-state index is 0.0877. The fraction of sp³-hybridized carbons (Fsp3) is 0.250. The number of aryl methyl sites for hydroxylation is 4. The van der Waals surface area contributed by atoms with E-state index in [0.717, 1.165) is 5.57 Å². The predicted molar refractivity (Wildman–Crippen MR) is 149 cm³/mol. The topological polar surface area (TPSA) is 119 Å². The van der Waals surface area contributed by atoms with Crippen molar-refractivity contribution in [2.45, 2.75) is 41.0 Å². The van der Waals surface area contributed by atoms with Crippen LogP contribution in [0.4, 0.5) is 10.1 Å². The van der Waals surface area contributed by atoms with Crippen LogP contribution < -0.4 is 14.9 Å². The van der Waals surface area contributed by atoms with Crippen LogP contribution in [0.1, 0.15) is 46.5 Å². The lowest BCUT2D eigenvalue weighted by molar-refractivity contribution is 0.470. The number of ether oxygens (including phenoxy) is 1. The Morgan fingerprint density at radius 1 is 1.10 bits per heavy atom. The molecule has 4 aromatic rings. The molecule has 1 aliphatic carbocycles. The first kappa shape index (κ1) is 26.4. The van der Waals surface area contributed by atoms with E-state index in [0.29, 0.717) is 68.9 Å². The normalized spacial score (nSPS) is 12.8. The zero-order valence-electron chi connectivity index (χ0n) is 22.2. The van der Waals surface area contributed by atoms with Gasteiger partial charge in [0.1, 0.15) is 17.4 Å². The molecular weight excluding hydrogens is 521 g/mol. The van der Waals surface area contributed by atoms with E-state index in [-0.39, 0.29) is 17.0 Å². The molecule has 9 nitrogen and oxygen atoms in total. The lowest BCUT2D eigenvalue weighted by Gasteiger charge is -2.20. The first-order valence-corrected chi connectivity index (χ1v) is 14.1. The number of sulfonamides is 1. The van der Waals surface area contributed by atoms with Crippen molar-refractivity contribution in [1.82, 2.24) is 19.7 Å². The number of aromatic nitrogens is 4. The molecule has 5 rings (SSSR count). The van der Waals surface area contributed by atoms with Crippen LogP contribution in [0.15, 0.2) is 41.3 Å². The standard InChI is InChI=1S/C28H28FN5O4S/c1-6-39(36,37)33-21-7-8-25(38-27-15(2)9-20(29)10-16(27)3)24(13-21)34-14-17(4)26(35)22-11-19(12-23(22)34)28-30-18(5)31-32-28/h7-10,12-14,33H,6,11H2,1-5H3,(H,30,31,32). The molecule has 0 saturated carbocycles. The number of allylic oxidation sites excluding steroid dienone is 1. The summed E-state index contributed by atoms with van der Waals surface area (Å²) >= 11 is 0. The number of anilines is 1. The third-order valence-electron chi connectivity index (χ3n) is 6.60. The smallest absolute Gasteiger partial charge is 0.232 e. The Morgan fingerprint density at radius 2 is 1.82 bits per heavy atom. The van der Waals surface area contributed by atoms with Gasteiger partial charge in [0.15, 0.2) is 17.0 Å². The largest absolute Gasteiger partial charge is 0.455 e. The maximum absolute atomic E-state index is 14.0. The maximum atomic E-state index is 14.0. The molecule has 0 bridgehead atoms. The molecule has 2 aromatic heterocycles. The second-order valence-corrected chi connectivity index (χ2v) is 11.6. The Morgan fingerprint density at radius 3 is 2.46 bits per heavy atom. The molecule has 0 fully saturated rings. The number of halogens is 1. The van der Waals surface area contributed by atoms with Gasteiger partial charge in [0.05, 0.1) is 22.8 Å². The molecule has 2 heterocycles. The van der Waals surface area contributed by atoms with Crippen LogP contribution in [-0.4, -0.2) is 33.9 Å². The van der Waals surface area contributed by atoms with Gasteiger partial charge < -0.3 is 9.30 Å². The highest BCUT2D eigenvalue weighted by Crippen LogP contribution is 2.38. The molecule has 39 heavy (non-hydrogen) atoms. The van der Waals surface area contributed by atoms with Crippen molar-refractivity contribution < 1.29 is 17.5 Å². The summed E-state index contributed by atoms with van der Waals surface area (Å²) < 4.78 is 49.4. The zero-order chi connectivity index (χ0) is 28.1. The van der Waals surface area contributed by atoms with Gasteiger partial charge in [0, 0.05) is 29.3 Å². The quantitative estimate of drug-likeness (QED) is 0.336. The van der Waals surface area contributed by atoms with Gasteiger partial charge in [-0.05, 0) is 82.2 Å². The summed E-state index contributed by atoms with van der Waals surface area (Å²) in [5, 5.41) is 7.08. The van der Waals surface area contributed by atoms with Crippen molar-refractivity contribution in [1.29, 1.82) is 0 Å². The lowest BCUT2D eigenvalue weighted by Crippen LogP contribution is -2.18. The highest BCUT2D eigenvalue weighted by Gasteiger charge is 2.25. The van der Waals surface area contributed by atoms with E-state index in [9.17, 15) is 17.6 Å². The number of hydrogen-bond donors (Lipinski definition) is 2. The van der Waals surface area contributed by atoms with Crippen molar-refractivity contribution >= 4 is 27.4 Å². The van der Waals surface area contributed by atoms with E-state index < -0.39 is 10.0 Å². The molecule has 0 aliphatic heterocycles. The summed E-state index contributed by atoms with van der Waals surface area (Å²) in [6, 6.07) is 7.70. The van der Waals surface area contributed by atoms with Crippen LogP contribution in [0.5, 0.6) is 11.5 Å². The fourth-order valence-electron chi connectivity index (χ4n) is 4.66. The number of fused-ring (bicyclic) bond motifs is 1. The molecule has 2 N–H and O–H groups in total. The second kappa shape index (κ2) is 9.81. The molecule has 0 spiro atoms. The van der Waals surface area contributed by atoms with Crippen LogP contribution in [0.25, 0.3) is 17.3 Å². The van der Waals surface area contributed by atoms with Crippen molar-refractivity contribution in [2.24, 2.45) is 0 Å². The van der Waals surface area contributed by atoms with Crippen LogP contribution in [0, 0.1) is 33.5 Å². The molecule has 0 unspecified atom stereocenters. The Bertz CT molecular complexity index is 1800. The van der Waals surface area contributed by atoms with Crippen molar-refractivity contribution in [3.8, 4) is 17.2 Å². The average molecular weight is 550 g/mol. The SMILES string of the molecule is CCS(=O)(=O)Nc1ccc(Oc2c(C)cc(F)cc2C)c(-n2cc(C)c(=O)c3c2C=C(c2n[nH]c(C)n2)C3)c1. The number of rotatable bonds is 7. The van der Waals surface area contributed by atoms with Gasteiger partial charge in [0.2, 0.25) is 10.0 Å². The second-order valence-electron chi connectivity index (χ2n) is 9.62. The van der Waals surface area contributed by atoms with Crippen molar-refractivity contribution in [3.63, 3.8) is 0 Å². The van der Waals surface area contributed by atoms with E-state index in [1.165, 1.54) is 12.1 Å². The van der Waals surface area contributed by atoms with Crippen molar-refractivity contribution in [2.75, 3.05) is 10.5 Å². The van der Waals surface area contributed by atoms with E-state index in [2.05, 4.69) is 19.9 Å². The van der Waals surface area contributed by atoms with Crippen LogP contribution in [-0.2, 0) is 16.4 Å². The van der Waals surface area contributed by atoms with Crippen LogP contribution in [0.3, 0.4) is 0 Å². The number of nitrogens with zero attached hydrogens (tertiary/aromatic N) is 3. The summed E-state index contributed by atoms with van der Waals surface area (Å²) in [6.07, 6.45) is 3.91. The highest BCUT2D eigenvalue weighted by atomic mass is 32.2. The molecule has 0 radical (unpaired) electrons. The Labute approximate surface area is 225 Å². The molecule has 202 valence electrons. The third-order valence-corrected chi connectivity index (χ3v) is 7.90. The Kier molecular flexibility index (Phi) is 6.63. The van der Waals surface area contributed by atoms with E-state index >= 15 is 0 Å². The third kappa shape index (κ3) is 5.09. The van der Waals surface area contributed by atoms with Gasteiger partial charge in [-0.1, -0.05) is 0 Å². The average Bonchev–Trinajstić information content (AvgIpc) is 3.51. The van der Waals surface area contributed by atoms with Gasteiger partial charge >= 0.3 is 0 Å². The number of aromatic amines is 1. The number of hydrogen-bond acceptors (Lipinski definition) is 6. The summed E-state index contributed by atoms with van der Waals surface area (Å²) in [5.41, 5.74) is 4.45. The number of benzene rings is 2. The summed E-state index contributed by atoms with van der Waals surface area (Å²) in [4.78, 5) is 17.6. The molecule has 0 atom stereocenters. The fourth-order valence-corrected chi connectivity index (χ4v) is 5.29. The molecule has 1 aliphatic rings. The molecule has 0 saturated heterocycles. The maximum Gasteiger partial charge on any atom is 0.232 e. The zero-order valence-corrected chi connectivity index (χ0v) is 23.0. The first-order chi connectivity index (χ1) is 18.5. The van der Waals surface area contributed by atoms with Gasteiger partial charge in [-0.3, -0.25) is 14.6 Å². The minimum atomic E-state index is -3.55. The lowest BCUT2D eigenvalue weighted by atomic mass is 10.1. The first-order valence-electron chi connectivity index (χ1n) is 12.4. The molecular formula is C28H28FN5O4S. The van der Waals surface area contributed by atoms with E-state index in [1.54, 1.807) is 59.0 Å². The van der Waals surface area contributed by atoms with Gasteiger partial charge in [0.25, 0.3) is 0 Å². The van der Waals surface area contributed by atoms with Gasteiger partial charge in [-0.15, -0.1) is 0 Å². The van der Waals surface area contributed by atoms with Gasteiger partial charge in [-0.25, -0.2) is 17.8 Å². The van der Waals surface area contributed by atoms with E-state index in [4.69, 9.17) is 4.74 Å². The Balaban J connectivity index is 1.72. The summed E-state index contributed by atoms with van der Waals surface area (Å²) in [5.74, 6) is 1.59. The monoisotopic (exact) mass is 549 g/mol. The highest BCUT2D eigenvalue weighted by molar-refractivity contribution is 7.92.